The largest absolute Gasteiger partial charge is 0.507 e. The molecule has 0 radical (unpaired) electrons. The molecule has 3 aromatic carbocycles. The number of ketones is 1. The van der Waals surface area contributed by atoms with Gasteiger partial charge in [-0.05, 0) is 73.7 Å². The number of aliphatic hydroxyl groups excluding tert-OH is 1. The van der Waals surface area contributed by atoms with Crippen molar-refractivity contribution in [3.63, 3.8) is 0 Å². The fourth-order valence-corrected chi connectivity index (χ4v) is 5.50. The van der Waals surface area contributed by atoms with E-state index in [1.807, 2.05) is 68.4 Å². The molecule has 0 spiro atoms. The molecule has 196 valence electrons. The minimum atomic E-state index is -0.650. The summed E-state index contributed by atoms with van der Waals surface area (Å²) in [6.07, 6.45) is 3.75. The van der Waals surface area contributed by atoms with Gasteiger partial charge in [0.05, 0.1) is 18.2 Å². The first-order valence-corrected chi connectivity index (χ1v) is 13.3. The molecule has 2 aliphatic rings. The quantitative estimate of drug-likeness (QED) is 0.217. The highest BCUT2D eigenvalue weighted by molar-refractivity contribution is 6.46. The first kappa shape index (κ1) is 25.6. The monoisotopic (exact) mass is 511 g/mol. The van der Waals surface area contributed by atoms with Crippen LogP contribution in [0.15, 0.2) is 78.4 Å². The van der Waals surface area contributed by atoms with Crippen LogP contribution in [-0.4, -0.2) is 34.3 Å². The van der Waals surface area contributed by atoms with Crippen LogP contribution in [0.2, 0.25) is 0 Å². The summed E-state index contributed by atoms with van der Waals surface area (Å²) in [4.78, 5) is 28.4. The van der Waals surface area contributed by atoms with E-state index in [1.54, 1.807) is 23.1 Å². The van der Waals surface area contributed by atoms with Crippen molar-refractivity contribution in [1.29, 1.82) is 0 Å². The zero-order chi connectivity index (χ0) is 26.6. The Bertz CT molecular complexity index is 1340. The summed E-state index contributed by atoms with van der Waals surface area (Å²) in [5.74, 6) is 0.0586. The molecule has 0 bridgehead atoms. The number of carbonyl (C=O) groups excluding carboxylic acids is 2. The van der Waals surface area contributed by atoms with Crippen molar-refractivity contribution in [2.45, 2.75) is 58.2 Å². The predicted molar refractivity (Wildman–Crippen MR) is 146 cm³/mol. The van der Waals surface area contributed by atoms with Crippen molar-refractivity contribution in [3.8, 4) is 11.5 Å². The number of carbonyl (C=O) groups is 2. The smallest absolute Gasteiger partial charge is 0.295 e. The van der Waals surface area contributed by atoms with Crippen molar-refractivity contribution in [2.24, 2.45) is 0 Å². The number of likely N-dealkylation sites (tertiary alicyclic amines) is 1. The van der Waals surface area contributed by atoms with Crippen LogP contribution >= 0.6 is 0 Å². The average Bonchev–Trinajstić information content (AvgIpc) is 3.55. The summed E-state index contributed by atoms with van der Waals surface area (Å²) in [6.45, 7) is 4.79. The van der Waals surface area contributed by atoms with E-state index in [2.05, 4.69) is 0 Å². The third-order valence-electron chi connectivity index (χ3n) is 7.39. The third-order valence-corrected chi connectivity index (χ3v) is 7.39. The van der Waals surface area contributed by atoms with E-state index in [0.29, 0.717) is 24.5 Å². The number of aliphatic hydroxyl groups is 1. The van der Waals surface area contributed by atoms with Gasteiger partial charge in [-0.2, -0.15) is 0 Å². The first-order valence-electron chi connectivity index (χ1n) is 13.3. The number of nitrogens with zero attached hydrogens (tertiary/aromatic N) is 1. The van der Waals surface area contributed by atoms with E-state index in [9.17, 15) is 14.7 Å². The number of benzene rings is 3. The molecule has 1 N–H and O–H groups in total. The average molecular weight is 512 g/mol. The molecule has 1 aliphatic heterocycles. The molecule has 38 heavy (non-hydrogen) atoms. The Balaban J connectivity index is 1.50. The van der Waals surface area contributed by atoms with E-state index in [0.717, 1.165) is 48.1 Å². The van der Waals surface area contributed by atoms with Gasteiger partial charge >= 0.3 is 0 Å². The molecule has 6 nitrogen and oxygen atoms in total. The Morgan fingerprint density at radius 3 is 2.32 bits per heavy atom. The number of rotatable bonds is 8. The van der Waals surface area contributed by atoms with Crippen LogP contribution in [0.1, 0.15) is 60.9 Å². The molecule has 1 saturated carbocycles. The molecule has 5 rings (SSSR count). The Morgan fingerprint density at radius 1 is 0.947 bits per heavy atom. The highest BCUT2D eigenvalue weighted by atomic mass is 16.5. The summed E-state index contributed by atoms with van der Waals surface area (Å²) >= 11 is 0. The van der Waals surface area contributed by atoms with Crippen molar-refractivity contribution in [3.05, 3.63) is 101 Å². The topological polar surface area (TPSA) is 76.1 Å². The van der Waals surface area contributed by atoms with Crippen LogP contribution in [0.5, 0.6) is 11.5 Å². The van der Waals surface area contributed by atoms with Crippen LogP contribution in [0.4, 0.5) is 0 Å². The van der Waals surface area contributed by atoms with Gasteiger partial charge in [-0.15, -0.1) is 0 Å². The highest BCUT2D eigenvalue weighted by Gasteiger charge is 2.49. The van der Waals surface area contributed by atoms with Gasteiger partial charge in [-0.1, -0.05) is 55.3 Å². The van der Waals surface area contributed by atoms with Crippen molar-refractivity contribution < 1.29 is 24.2 Å². The number of ether oxygens (including phenoxy) is 2. The zero-order valence-electron chi connectivity index (χ0n) is 21.9. The number of aryl methyl sites for hydroxylation is 1. The van der Waals surface area contributed by atoms with Gasteiger partial charge < -0.3 is 19.5 Å². The maximum Gasteiger partial charge on any atom is 0.295 e. The van der Waals surface area contributed by atoms with E-state index < -0.39 is 17.7 Å². The van der Waals surface area contributed by atoms with E-state index in [4.69, 9.17) is 9.47 Å². The molecular formula is C32H33NO5. The van der Waals surface area contributed by atoms with Crippen LogP contribution in [0.3, 0.4) is 0 Å². The zero-order valence-corrected chi connectivity index (χ0v) is 21.9. The molecular weight excluding hydrogens is 478 g/mol. The van der Waals surface area contributed by atoms with Crippen LogP contribution in [0.25, 0.3) is 5.76 Å². The molecule has 1 unspecified atom stereocenters. The molecule has 6 heteroatoms. The lowest BCUT2D eigenvalue weighted by Gasteiger charge is -2.30. The fourth-order valence-electron chi connectivity index (χ4n) is 5.50. The molecule has 1 aliphatic carbocycles. The highest BCUT2D eigenvalue weighted by Crippen LogP contribution is 2.44. The third kappa shape index (κ3) is 5.03. The molecule has 3 aromatic rings. The molecule has 2 fully saturated rings. The minimum absolute atomic E-state index is 0.0242. The van der Waals surface area contributed by atoms with Gasteiger partial charge in [0.15, 0.2) is 0 Å². The summed E-state index contributed by atoms with van der Waals surface area (Å²) in [6, 6.07) is 22.0. The lowest BCUT2D eigenvalue weighted by atomic mass is 9.94. The minimum Gasteiger partial charge on any atom is -0.507 e. The molecule has 1 heterocycles. The van der Waals surface area contributed by atoms with Crippen molar-refractivity contribution in [1.82, 2.24) is 4.90 Å². The number of hydrogen-bond donors (Lipinski definition) is 1. The second-order valence-corrected chi connectivity index (χ2v) is 9.90. The molecule has 0 aromatic heterocycles. The normalized spacial score (nSPS) is 19.2. The maximum atomic E-state index is 13.4. The summed E-state index contributed by atoms with van der Waals surface area (Å²) in [5.41, 5.74) is 3.27. The first-order chi connectivity index (χ1) is 18.5. The van der Waals surface area contributed by atoms with E-state index in [-0.39, 0.29) is 17.4 Å². The summed E-state index contributed by atoms with van der Waals surface area (Å²) < 4.78 is 11.6. The van der Waals surface area contributed by atoms with Gasteiger partial charge in [0.2, 0.25) is 0 Å². The van der Waals surface area contributed by atoms with Crippen LogP contribution in [0, 0.1) is 6.92 Å². The van der Waals surface area contributed by atoms with Crippen molar-refractivity contribution >= 4 is 17.4 Å². The second kappa shape index (κ2) is 11.1. The van der Waals surface area contributed by atoms with Gasteiger partial charge in [-0.25, -0.2) is 0 Å². The maximum absolute atomic E-state index is 13.4. The van der Waals surface area contributed by atoms with Gasteiger partial charge in [0.1, 0.15) is 23.9 Å². The molecule has 1 atom stereocenters. The SMILES string of the molecule is CCOc1ccc(C2/C(=C(/O)c3ccc(OCc4ccccc4)c(C)c3)C(=O)C(=O)N2C2CCCC2)cc1. The Hall–Kier alpha value is -4.06. The van der Waals surface area contributed by atoms with Crippen molar-refractivity contribution in [2.75, 3.05) is 6.61 Å². The van der Waals surface area contributed by atoms with Gasteiger partial charge in [-0.3, -0.25) is 9.59 Å². The summed E-state index contributed by atoms with van der Waals surface area (Å²) in [5, 5.41) is 11.5. The number of hydrogen-bond acceptors (Lipinski definition) is 5. The van der Waals surface area contributed by atoms with Crippen LogP contribution in [-0.2, 0) is 16.2 Å². The summed E-state index contributed by atoms with van der Waals surface area (Å²) in [7, 11) is 0. The van der Waals surface area contributed by atoms with Gasteiger partial charge in [0.25, 0.3) is 11.7 Å². The molecule has 1 amide bonds. The number of amides is 1. The van der Waals surface area contributed by atoms with Gasteiger partial charge in [0, 0.05) is 11.6 Å². The number of Topliss-reactive ketones (excluding diaryl/α,β-unsaturated/α-hetero) is 1. The predicted octanol–water partition coefficient (Wildman–Crippen LogP) is 6.34. The van der Waals surface area contributed by atoms with E-state index >= 15 is 0 Å². The Labute approximate surface area is 223 Å². The fraction of sp³-hybridized carbons (Fsp3) is 0.312. The molecule has 1 saturated heterocycles. The van der Waals surface area contributed by atoms with Crippen LogP contribution < -0.4 is 9.47 Å². The van der Waals surface area contributed by atoms with E-state index in [1.165, 1.54) is 0 Å². The Morgan fingerprint density at radius 2 is 1.66 bits per heavy atom. The standard InChI is InChI=1S/C32H33NO5/c1-3-37-26-16-13-23(14-17-26)29-28(31(35)32(36)33(29)25-11-7-8-12-25)30(34)24-15-18-27(21(2)19-24)38-20-22-9-5-4-6-10-22/h4-6,9-10,13-19,25,29,34H,3,7-8,11-12,20H2,1-2H3/b30-28-. The lowest BCUT2D eigenvalue weighted by Crippen LogP contribution is -2.37. The second-order valence-electron chi connectivity index (χ2n) is 9.90. The lowest BCUT2D eigenvalue weighted by molar-refractivity contribution is -0.141. The Kier molecular flexibility index (Phi) is 7.50.